The third-order valence-corrected chi connectivity index (χ3v) is 2.64. The summed E-state index contributed by atoms with van der Waals surface area (Å²) in [5.41, 5.74) is -0.527. The van der Waals surface area contributed by atoms with Crippen LogP contribution in [0.2, 0.25) is 0 Å². The number of rotatable bonds is 4. The highest BCUT2D eigenvalue weighted by atomic mass is 32.2. The molecule has 0 aromatic heterocycles. The number of thioether (sulfide) groups is 1. The van der Waals surface area contributed by atoms with Crippen molar-refractivity contribution in [3.8, 4) is 0 Å². The van der Waals surface area contributed by atoms with E-state index in [2.05, 4.69) is 0 Å². The lowest BCUT2D eigenvalue weighted by atomic mass is 9.92. The smallest absolute Gasteiger partial charge is 0.133 e. The molecule has 0 aliphatic heterocycles. The highest BCUT2D eigenvalue weighted by Gasteiger charge is 2.27. The number of carbonyl (C=O) groups excluding carboxylic acids is 2. The molecule has 0 aliphatic carbocycles. The lowest BCUT2D eigenvalue weighted by molar-refractivity contribution is -0.118. The van der Waals surface area contributed by atoms with E-state index < -0.39 is 5.41 Å². The fraction of sp³-hybridized carbons (Fsp3) is 0.714. The maximum absolute atomic E-state index is 10.4. The van der Waals surface area contributed by atoms with Gasteiger partial charge in [-0.15, -0.1) is 0 Å². The van der Waals surface area contributed by atoms with E-state index in [4.69, 9.17) is 0 Å². The van der Waals surface area contributed by atoms with Crippen LogP contribution in [0.25, 0.3) is 0 Å². The number of hydrogen-bond acceptors (Lipinski definition) is 3. The van der Waals surface area contributed by atoms with Crippen LogP contribution in [0.1, 0.15) is 13.8 Å². The van der Waals surface area contributed by atoms with Crippen molar-refractivity contribution in [2.45, 2.75) is 19.1 Å². The first-order valence-corrected chi connectivity index (χ1v) is 4.31. The van der Waals surface area contributed by atoms with Crippen molar-refractivity contribution in [2.75, 3.05) is 6.26 Å². The Morgan fingerprint density at radius 3 is 2.00 bits per heavy atom. The summed E-state index contributed by atoms with van der Waals surface area (Å²) in [6, 6.07) is 0. The Bertz CT molecular complexity index is 132. The SMILES string of the molecule is CSC(C=O)C(C)(C)C=O. The molecule has 0 amide bonds. The molecular formula is C7H12O2S. The molecule has 1 atom stereocenters. The second kappa shape index (κ2) is 3.76. The molecular weight excluding hydrogens is 148 g/mol. The van der Waals surface area contributed by atoms with Crippen LogP contribution in [0.15, 0.2) is 0 Å². The molecule has 0 heterocycles. The molecule has 0 spiro atoms. The van der Waals surface area contributed by atoms with Crippen LogP contribution in [0.5, 0.6) is 0 Å². The number of hydrogen-bond donors (Lipinski definition) is 0. The minimum atomic E-state index is -0.527. The molecule has 0 N–H and O–H groups in total. The quantitative estimate of drug-likeness (QED) is 0.578. The van der Waals surface area contributed by atoms with E-state index in [-0.39, 0.29) is 5.25 Å². The van der Waals surface area contributed by atoms with Crippen molar-refractivity contribution in [1.82, 2.24) is 0 Å². The summed E-state index contributed by atoms with van der Waals surface area (Å²) in [5, 5.41) is -0.218. The van der Waals surface area contributed by atoms with E-state index in [1.165, 1.54) is 11.8 Å². The Balaban J connectivity index is 4.24. The maximum Gasteiger partial charge on any atom is 0.133 e. The molecule has 0 radical (unpaired) electrons. The molecule has 1 unspecified atom stereocenters. The minimum absolute atomic E-state index is 0.218. The lowest BCUT2D eigenvalue weighted by Crippen LogP contribution is -2.29. The Morgan fingerprint density at radius 1 is 1.40 bits per heavy atom. The van der Waals surface area contributed by atoms with Gasteiger partial charge >= 0.3 is 0 Å². The summed E-state index contributed by atoms with van der Waals surface area (Å²) in [4.78, 5) is 20.8. The molecule has 0 saturated heterocycles. The maximum atomic E-state index is 10.4. The van der Waals surface area contributed by atoms with Gasteiger partial charge in [-0.3, -0.25) is 0 Å². The second-order valence-corrected chi connectivity index (χ2v) is 3.71. The zero-order valence-corrected chi connectivity index (χ0v) is 7.27. The first-order chi connectivity index (χ1) is 4.58. The molecule has 0 rings (SSSR count). The van der Waals surface area contributed by atoms with E-state index in [0.29, 0.717) is 0 Å². The van der Waals surface area contributed by atoms with Gasteiger partial charge in [-0.25, -0.2) is 0 Å². The first-order valence-electron chi connectivity index (χ1n) is 3.03. The Morgan fingerprint density at radius 2 is 1.90 bits per heavy atom. The largest absolute Gasteiger partial charge is 0.303 e. The first kappa shape index (κ1) is 9.69. The van der Waals surface area contributed by atoms with Gasteiger partial charge in [0.1, 0.15) is 12.6 Å². The van der Waals surface area contributed by atoms with Crippen LogP contribution in [-0.2, 0) is 9.59 Å². The summed E-state index contributed by atoms with van der Waals surface area (Å²) in [5.74, 6) is 0. The van der Waals surface area contributed by atoms with Crippen molar-refractivity contribution >= 4 is 24.3 Å². The average molecular weight is 160 g/mol. The standard InChI is InChI=1S/C7H12O2S/c1-7(2,5-9)6(4-8)10-3/h4-6H,1-3H3. The Hall–Kier alpha value is -0.310. The molecule has 0 saturated carbocycles. The predicted octanol–water partition coefficient (Wildman–Crippen LogP) is 1.14. The number of aldehydes is 2. The van der Waals surface area contributed by atoms with E-state index in [1.807, 2.05) is 6.26 Å². The molecule has 58 valence electrons. The summed E-state index contributed by atoms with van der Waals surface area (Å²) in [7, 11) is 0. The van der Waals surface area contributed by atoms with Gasteiger partial charge in [0.25, 0.3) is 0 Å². The normalized spacial score (nSPS) is 14.3. The van der Waals surface area contributed by atoms with Gasteiger partial charge in [-0.05, 0) is 6.26 Å². The van der Waals surface area contributed by atoms with E-state index in [0.717, 1.165) is 12.6 Å². The monoisotopic (exact) mass is 160 g/mol. The van der Waals surface area contributed by atoms with Crippen molar-refractivity contribution in [3.05, 3.63) is 0 Å². The minimum Gasteiger partial charge on any atom is -0.303 e. The van der Waals surface area contributed by atoms with Crippen LogP contribution in [0.3, 0.4) is 0 Å². The van der Waals surface area contributed by atoms with Crippen LogP contribution >= 0.6 is 11.8 Å². The lowest BCUT2D eigenvalue weighted by Gasteiger charge is -2.21. The van der Waals surface area contributed by atoms with Crippen molar-refractivity contribution in [1.29, 1.82) is 0 Å². The fourth-order valence-corrected chi connectivity index (χ4v) is 1.38. The molecule has 2 nitrogen and oxygen atoms in total. The van der Waals surface area contributed by atoms with E-state index in [9.17, 15) is 9.59 Å². The van der Waals surface area contributed by atoms with Gasteiger partial charge in [0.05, 0.1) is 5.25 Å². The third kappa shape index (κ3) is 2.14. The second-order valence-electron chi connectivity index (χ2n) is 2.73. The van der Waals surface area contributed by atoms with Gasteiger partial charge in [-0.2, -0.15) is 11.8 Å². The molecule has 0 aliphatic rings. The molecule has 10 heavy (non-hydrogen) atoms. The number of carbonyl (C=O) groups is 2. The van der Waals surface area contributed by atoms with Gasteiger partial charge in [0.15, 0.2) is 0 Å². The molecule has 0 aromatic carbocycles. The van der Waals surface area contributed by atoms with Gasteiger partial charge < -0.3 is 9.59 Å². The highest BCUT2D eigenvalue weighted by Crippen LogP contribution is 2.25. The van der Waals surface area contributed by atoms with Crippen LogP contribution in [-0.4, -0.2) is 24.1 Å². The third-order valence-electron chi connectivity index (χ3n) is 1.41. The topological polar surface area (TPSA) is 34.1 Å². The summed E-state index contributed by atoms with van der Waals surface area (Å²) in [6.45, 7) is 3.52. The Kier molecular flexibility index (Phi) is 3.64. The van der Waals surface area contributed by atoms with Gasteiger partial charge in [0.2, 0.25) is 0 Å². The Labute approximate surface area is 65.4 Å². The summed E-state index contributed by atoms with van der Waals surface area (Å²) in [6.07, 6.45) is 3.46. The molecule has 0 fully saturated rings. The van der Waals surface area contributed by atoms with Crippen molar-refractivity contribution < 1.29 is 9.59 Å². The van der Waals surface area contributed by atoms with Crippen LogP contribution < -0.4 is 0 Å². The van der Waals surface area contributed by atoms with Gasteiger partial charge in [0, 0.05) is 5.41 Å². The zero-order valence-electron chi connectivity index (χ0n) is 6.46. The predicted molar refractivity (Wildman–Crippen MR) is 43.2 cm³/mol. The molecule has 3 heteroatoms. The molecule has 0 aromatic rings. The average Bonchev–Trinajstić information content (AvgIpc) is 1.90. The van der Waals surface area contributed by atoms with Crippen molar-refractivity contribution in [3.63, 3.8) is 0 Å². The van der Waals surface area contributed by atoms with Crippen LogP contribution in [0, 0.1) is 5.41 Å². The van der Waals surface area contributed by atoms with Gasteiger partial charge in [-0.1, -0.05) is 13.8 Å². The zero-order chi connectivity index (χ0) is 8.20. The van der Waals surface area contributed by atoms with E-state index >= 15 is 0 Å². The summed E-state index contributed by atoms with van der Waals surface area (Å²) >= 11 is 1.40. The summed E-state index contributed by atoms with van der Waals surface area (Å²) < 4.78 is 0. The highest BCUT2D eigenvalue weighted by molar-refractivity contribution is 7.99. The van der Waals surface area contributed by atoms with Crippen LogP contribution in [0.4, 0.5) is 0 Å². The molecule has 0 bridgehead atoms. The van der Waals surface area contributed by atoms with E-state index in [1.54, 1.807) is 13.8 Å². The fourth-order valence-electron chi connectivity index (χ4n) is 0.602. The van der Waals surface area contributed by atoms with Crippen molar-refractivity contribution in [2.24, 2.45) is 5.41 Å².